The van der Waals surface area contributed by atoms with Crippen molar-refractivity contribution in [3.05, 3.63) is 47.8 Å². The molecular formula is C26H35N5O2. The summed E-state index contributed by atoms with van der Waals surface area (Å²) in [5.74, 6) is 0.929. The van der Waals surface area contributed by atoms with Crippen LogP contribution < -0.4 is 9.80 Å². The van der Waals surface area contributed by atoms with Gasteiger partial charge in [-0.2, -0.15) is 0 Å². The van der Waals surface area contributed by atoms with E-state index in [0.717, 1.165) is 69.3 Å². The Balaban J connectivity index is 1.23. The standard InChI is InChI=1S/C26H35N5O2/c1-21-6-8-23(9-7-21)31-20-26(33-19-24(31)32)11-5-14-29(17-12-26)18-22-10-13-27-25(28-22)30-15-3-2-4-16-30/h6-10,13H,2-5,11-12,14-20H2,1H3/t26-/m0/s1. The highest BCUT2D eigenvalue weighted by Crippen LogP contribution is 2.33. The number of carbonyl (C=O) groups is 1. The minimum atomic E-state index is -0.266. The number of morpholine rings is 1. The predicted molar refractivity (Wildman–Crippen MR) is 129 cm³/mol. The van der Waals surface area contributed by atoms with Gasteiger partial charge >= 0.3 is 0 Å². The Morgan fingerprint density at radius 1 is 0.970 bits per heavy atom. The third kappa shape index (κ3) is 5.20. The summed E-state index contributed by atoms with van der Waals surface area (Å²) in [6.45, 7) is 7.78. The van der Waals surface area contributed by atoms with Gasteiger partial charge in [0, 0.05) is 38.1 Å². The number of likely N-dealkylation sites (tertiary alicyclic amines) is 1. The third-order valence-electron chi connectivity index (χ3n) is 7.31. The van der Waals surface area contributed by atoms with E-state index in [2.05, 4.69) is 33.8 Å². The molecule has 0 aliphatic carbocycles. The second kappa shape index (κ2) is 9.77. The van der Waals surface area contributed by atoms with E-state index in [4.69, 9.17) is 9.72 Å². The molecule has 0 unspecified atom stereocenters. The van der Waals surface area contributed by atoms with E-state index in [1.807, 2.05) is 29.3 Å². The molecule has 2 aromatic rings. The molecule has 176 valence electrons. The lowest BCUT2D eigenvalue weighted by molar-refractivity contribution is -0.140. The van der Waals surface area contributed by atoms with Gasteiger partial charge in [-0.15, -0.1) is 0 Å². The lowest BCUT2D eigenvalue weighted by atomic mass is 9.92. The average molecular weight is 450 g/mol. The Kier molecular flexibility index (Phi) is 6.60. The molecule has 1 aromatic carbocycles. The van der Waals surface area contributed by atoms with Crippen LogP contribution in [-0.2, 0) is 16.1 Å². The zero-order valence-electron chi connectivity index (χ0n) is 19.7. The summed E-state index contributed by atoms with van der Waals surface area (Å²) in [5, 5.41) is 0. The number of ether oxygens (including phenoxy) is 1. The minimum absolute atomic E-state index is 0.0526. The first-order valence-corrected chi connectivity index (χ1v) is 12.4. The summed E-state index contributed by atoms with van der Waals surface area (Å²) in [5.41, 5.74) is 2.99. The molecule has 1 aromatic heterocycles. The highest BCUT2D eigenvalue weighted by molar-refractivity contribution is 5.95. The number of carbonyl (C=O) groups excluding carboxylic acids is 1. The van der Waals surface area contributed by atoms with Gasteiger partial charge in [-0.3, -0.25) is 9.69 Å². The van der Waals surface area contributed by atoms with Crippen molar-refractivity contribution in [3.8, 4) is 0 Å². The average Bonchev–Trinajstić information content (AvgIpc) is 3.04. The molecule has 0 bridgehead atoms. The van der Waals surface area contributed by atoms with Gasteiger partial charge in [0.1, 0.15) is 6.61 Å². The highest BCUT2D eigenvalue weighted by Gasteiger charge is 2.41. The third-order valence-corrected chi connectivity index (χ3v) is 7.31. The van der Waals surface area contributed by atoms with Gasteiger partial charge in [-0.1, -0.05) is 17.7 Å². The molecular weight excluding hydrogens is 414 g/mol. The summed E-state index contributed by atoms with van der Waals surface area (Å²) >= 11 is 0. The minimum Gasteiger partial charge on any atom is -0.363 e. The molecule has 3 aliphatic rings. The first kappa shape index (κ1) is 22.3. The van der Waals surface area contributed by atoms with Crippen molar-refractivity contribution in [1.82, 2.24) is 14.9 Å². The summed E-state index contributed by atoms with van der Waals surface area (Å²) in [4.78, 5) is 28.8. The van der Waals surface area contributed by atoms with Crippen LogP contribution in [0.15, 0.2) is 36.5 Å². The maximum Gasteiger partial charge on any atom is 0.253 e. The van der Waals surface area contributed by atoms with E-state index in [1.165, 1.54) is 24.8 Å². The summed E-state index contributed by atoms with van der Waals surface area (Å²) in [7, 11) is 0. The highest BCUT2D eigenvalue weighted by atomic mass is 16.5. The normalized spacial score (nSPS) is 24.8. The first-order valence-electron chi connectivity index (χ1n) is 12.4. The van der Waals surface area contributed by atoms with Crippen LogP contribution in [0.25, 0.3) is 0 Å². The molecule has 0 N–H and O–H groups in total. The largest absolute Gasteiger partial charge is 0.363 e. The van der Waals surface area contributed by atoms with Gasteiger partial charge in [0.05, 0.1) is 17.8 Å². The van der Waals surface area contributed by atoms with Crippen LogP contribution in [0.4, 0.5) is 11.6 Å². The second-order valence-electron chi connectivity index (χ2n) is 9.81. The Morgan fingerprint density at radius 2 is 1.79 bits per heavy atom. The maximum absolute atomic E-state index is 12.6. The van der Waals surface area contributed by atoms with Gasteiger partial charge in [-0.25, -0.2) is 9.97 Å². The van der Waals surface area contributed by atoms with Crippen molar-refractivity contribution in [2.75, 3.05) is 49.1 Å². The molecule has 0 radical (unpaired) electrons. The Morgan fingerprint density at radius 3 is 2.61 bits per heavy atom. The van der Waals surface area contributed by atoms with E-state index in [1.54, 1.807) is 0 Å². The molecule has 7 heteroatoms. The first-order chi connectivity index (χ1) is 16.1. The number of aryl methyl sites for hydroxylation is 1. The molecule has 33 heavy (non-hydrogen) atoms. The number of nitrogens with zero attached hydrogens (tertiary/aromatic N) is 5. The SMILES string of the molecule is Cc1ccc(N2C[C@@]3(CCCN(Cc4ccnc(N5CCCCC5)n4)CC3)OCC2=O)cc1. The fraction of sp³-hybridized carbons (Fsp3) is 0.577. The smallest absolute Gasteiger partial charge is 0.253 e. The van der Waals surface area contributed by atoms with Crippen molar-refractivity contribution in [2.24, 2.45) is 0 Å². The van der Waals surface area contributed by atoms with Crippen molar-refractivity contribution in [1.29, 1.82) is 0 Å². The van der Waals surface area contributed by atoms with Crippen molar-refractivity contribution >= 4 is 17.5 Å². The number of anilines is 2. The van der Waals surface area contributed by atoms with Crippen molar-refractivity contribution in [2.45, 2.75) is 57.6 Å². The quantitative estimate of drug-likeness (QED) is 0.711. The van der Waals surface area contributed by atoms with Crippen LogP contribution in [0.5, 0.6) is 0 Å². The zero-order chi connectivity index (χ0) is 22.7. The Hall–Kier alpha value is -2.51. The van der Waals surface area contributed by atoms with Crippen LogP contribution in [0.2, 0.25) is 0 Å². The molecule has 1 amide bonds. The molecule has 4 heterocycles. The van der Waals surface area contributed by atoms with Crippen LogP contribution in [0, 0.1) is 6.92 Å². The molecule has 3 aliphatic heterocycles. The van der Waals surface area contributed by atoms with Crippen LogP contribution in [0.1, 0.15) is 49.8 Å². The van der Waals surface area contributed by atoms with Crippen molar-refractivity contribution in [3.63, 3.8) is 0 Å². The maximum atomic E-state index is 12.6. The van der Waals surface area contributed by atoms with E-state index in [9.17, 15) is 4.79 Å². The molecule has 5 rings (SSSR count). The number of amides is 1. The van der Waals surface area contributed by atoms with Gasteiger partial charge < -0.3 is 14.5 Å². The van der Waals surface area contributed by atoms with Crippen LogP contribution >= 0.6 is 0 Å². The fourth-order valence-electron chi connectivity index (χ4n) is 5.31. The second-order valence-corrected chi connectivity index (χ2v) is 9.81. The lowest BCUT2D eigenvalue weighted by Gasteiger charge is -2.42. The number of benzene rings is 1. The number of hydrogen-bond acceptors (Lipinski definition) is 6. The topological polar surface area (TPSA) is 61.8 Å². The van der Waals surface area contributed by atoms with E-state index >= 15 is 0 Å². The lowest BCUT2D eigenvalue weighted by Crippen LogP contribution is -2.55. The molecule has 1 spiro atoms. The molecule has 7 nitrogen and oxygen atoms in total. The molecule has 3 saturated heterocycles. The summed E-state index contributed by atoms with van der Waals surface area (Å²) in [6.07, 6.45) is 8.62. The summed E-state index contributed by atoms with van der Waals surface area (Å²) < 4.78 is 6.22. The number of hydrogen-bond donors (Lipinski definition) is 0. The Labute approximate surface area is 196 Å². The van der Waals surface area contributed by atoms with Crippen LogP contribution in [0.3, 0.4) is 0 Å². The van der Waals surface area contributed by atoms with Gasteiger partial charge in [0.2, 0.25) is 5.95 Å². The molecule has 1 atom stereocenters. The van der Waals surface area contributed by atoms with Crippen molar-refractivity contribution < 1.29 is 9.53 Å². The van der Waals surface area contributed by atoms with E-state index in [-0.39, 0.29) is 18.1 Å². The van der Waals surface area contributed by atoms with E-state index < -0.39 is 0 Å². The van der Waals surface area contributed by atoms with Gasteiger partial charge in [-0.05, 0) is 70.2 Å². The monoisotopic (exact) mass is 449 g/mol. The van der Waals surface area contributed by atoms with Gasteiger partial charge in [0.15, 0.2) is 0 Å². The summed E-state index contributed by atoms with van der Waals surface area (Å²) in [6, 6.07) is 10.3. The van der Waals surface area contributed by atoms with Gasteiger partial charge in [0.25, 0.3) is 5.91 Å². The predicted octanol–water partition coefficient (Wildman–Crippen LogP) is 3.56. The molecule has 3 fully saturated rings. The fourth-order valence-corrected chi connectivity index (χ4v) is 5.31. The number of aromatic nitrogens is 2. The number of rotatable bonds is 4. The number of piperidine rings is 1. The van der Waals surface area contributed by atoms with E-state index in [0.29, 0.717) is 6.54 Å². The van der Waals surface area contributed by atoms with Crippen LogP contribution in [-0.4, -0.2) is 65.7 Å². The Bertz CT molecular complexity index is 959. The molecule has 0 saturated carbocycles. The zero-order valence-corrected chi connectivity index (χ0v) is 19.7.